The van der Waals surface area contributed by atoms with Gasteiger partial charge in [-0.05, 0) is 36.4 Å². The first-order chi connectivity index (χ1) is 13.6. The molecule has 0 spiro atoms. The number of hydrogen-bond donors (Lipinski definition) is 1. The third kappa shape index (κ3) is 4.38. The number of nitrogens with one attached hydrogen (secondary N) is 1. The van der Waals surface area contributed by atoms with Crippen molar-refractivity contribution < 1.29 is 14.3 Å². The number of nitrogens with zero attached hydrogens (tertiary/aromatic N) is 4. The third-order valence-corrected chi connectivity index (χ3v) is 4.59. The molecule has 2 heterocycles. The van der Waals surface area contributed by atoms with Crippen molar-refractivity contribution in [2.45, 2.75) is 0 Å². The molecule has 28 heavy (non-hydrogen) atoms. The van der Waals surface area contributed by atoms with Crippen LogP contribution in [-0.2, 0) is 4.79 Å². The Labute approximate surface area is 163 Å². The number of aromatic nitrogens is 1. The van der Waals surface area contributed by atoms with E-state index in [4.69, 9.17) is 4.74 Å². The summed E-state index contributed by atoms with van der Waals surface area (Å²) in [5, 5.41) is 11.9. The van der Waals surface area contributed by atoms with Crippen LogP contribution in [0.4, 0.5) is 5.82 Å². The second-order valence-corrected chi connectivity index (χ2v) is 6.27. The van der Waals surface area contributed by atoms with Gasteiger partial charge in [-0.3, -0.25) is 9.59 Å². The molecule has 2 aromatic rings. The van der Waals surface area contributed by atoms with Gasteiger partial charge in [0, 0.05) is 37.9 Å². The molecule has 1 aliphatic rings. The molecular weight excluding hydrogens is 358 g/mol. The summed E-state index contributed by atoms with van der Waals surface area (Å²) < 4.78 is 5.06. The topological polar surface area (TPSA) is 98.6 Å². The number of benzene rings is 1. The number of anilines is 1. The van der Waals surface area contributed by atoms with Gasteiger partial charge in [0.05, 0.1) is 19.2 Å². The molecule has 0 bridgehead atoms. The van der Waals surface area contributed by atoms with Crippen LogP contribution in [0.3, 0.4) is 0 Å². The van der Waals surface area contributed by atoms with Crippen LogP contribution in [0.5, 0.6) is 5.75 Å². The van der Waals surface area contributed by atoms with Gasteiger partial charge in [0.1, 0.15) is 17.6 Å². The predicted molar refractivity (Wildman–Crippen MR) is 103 cm³/mol. The number of ether oxygens (including phenoxy) is 1. The molecule has 1 aliphatic heterocycles. The van der Waals surface area contributed by atoms with Crippen LogP contribution in [0.2, 0.25) is 0 Å². The predicted octanol–water partition coefficient (Wildman–Crippen LogP) is 1.04. The zero-order valence-electron chi connectivity index (χ0n) is 15.6. The van der Waals surface area contributed by atoms with Gasteiger partial charge in [0.25, 0.3) is 5.91 Å². The maximum Gasteiger partial charge on any atom is 0.251 e. The molecule has 0 radical (unpaired) electrons. The van der Waals surface area contributed by atoms with Crippen LogP contribution in [0.25, 0.3) is 0 Å². The van der Waals surface area contributed by atoms with Gasteiger partial charge in [-0.2, -0.15) is 5.26 Å². The van der Waals surface area contributed by atoms with E-state index >= 15 is 0 Å². The summed E-state index contributed by atoms with van der Waals surface area (Å²) >= 11 is 0. The van der Waals surface area contributed by atoms with Gasteiger partial charge in [-0.1, -0.05) is 0 Å². The van der Waals surface area contributed by atoms with Crippen molar-refractivity contribution in [2.24, 2.45) is 0 Å². The van der Waals surface area contributed by atoms with E-state index in [1.807, 2.05) is 4.90 Å². The van der Waals surface area contributed by atoms with Gasteiger partial charge >= 0.3 is 0 Å². The van der Waals surface area contributed by atoms with Crippen molar-refractivity contribution in [1.82, 2.24) is 15.2 Å². The number of rotatable bonds is 5. The Morgan fingerprint density at radius 3 is 2.54 bits per heavy atom. The second-order valence-electron chi connectivity index (χ2n) is 6.27. The van der Waals surface area contributed by atoms with E-state index in [-0.39, 0.29) is 18.4 Å². The number of piperazine rings is 1. The molecule has 0 unspecified atom stereocenters. The number of nitriles is 1. The highest BCUT2D eigenvalue weighted by molar-refractivity contribution is 5.96. The Morgan fingerprint density at radius 2 is 1.89 bits per heavy atom. The maximum absolute atomic E-state index is 12.4. The quantitative estimate of drug-likeness (QED) is 0.834. The fourth-order valence-electron chi connectivity index (χ4n) is 3.02. The van der Waals surface area contributed by atoms with Crippen molar-refractivity contribution in [3.8, 4) is 11.8 Å². The summed E-state index contributed by atoms with van der Waals surface area (Å²) in [6.07, 6.45) is 1.66. The van der Waals surface area contributed by atoms with Gasteiger partial charge in [0.2, 0.25) is 5.91 Å². The van der Waals surface area contributed by atoms with Gasteiger partial charge in [-0.25, -0.2) is 4.98 Å². The third-order valence-electron chi connectivity index (χ3n) is 4.59. The average Bonchev–Trinajstić information content (AvgIpc) is 2.77. The highest BCUT2D eigenvalue weighted by Gasteiger charge is 2.23. The first-order valence-electron chi connectivity index (χ1n) is 8.92. The van der Waals surface area contributed by atoms with Crippen molar-refractivity contribution in [1.29, 1.82) is 5.26 Å². The Bertz CT molecular complexity index is 883. The molecule has 0 saturated carbocycles. The molecule has 1 saturated heterocycles. The SMILES string of the molecule is COc1ccc(C(=O)NCC(=O)N2CCN(c3ncccc3C#N)CC2)cc1. The van der Waals surface area contributed by atoms with Crippen LogP contribution < -0.4 is 15.0 Å². The van der Waals surface area contributed by atoms with Gasteiger partial charge in [-0.15, -0.1) is 0 Å². The Hall–Kier alpha value is -3.60. The zero-order valence-corrected chi connectivity index (χ0v) is 15.6. The maximum atomic E-state index is 12.4. The molecule has 8 nitrogen and oxygen atoms in total. The first-order valence-corrected chi connectivity index (χ1v) is 8.92. The minimum atomic E-state index is -0.304. The van der Waals surface area contributed by atoms with Crippen LogP contribution in [0, 0.1) is 11.3 Å². The largest absolute Gasteiger partial charge is 0.497 e. The summed E-state index contributed by atoms with van der Waals surface area (Å²) in [4.78, 5) is 32.6. The van der Waals surface area contributed by atoms with E-state index in [0.29, 0.717) is 48.9 Å². The normalized spacial score (nSPS) is 13.6. The van der Waals surface area contributed by atoms with Crippen LogP contribution >= 0.6 is 0 Å². The lowest BCUT2D eigenvalue weighted by molar-refractivity contribution is -0.130. The lowest BCUT2D eigenvalue weighted by Crippen LogP contribution is -2.51. The molecule has 1 aromatic carbocycles. The van der Waals surface area contributed by atoms with E-state index in [2.05, 4.69) is 16.4 Å². The molecule has 2 amide bonds. The summed E-state index contributed by atoms with van der Waals surface area (Å²) in [5.74, 6) is 0.868. The van der Waals surface area contributed by atoms with Crippen molar-refractivity contribution in [3.63, 3.8) is 0 Å². The number of methoxy groups -OCH3 is 1. The standard InChI is InChI=1S/C20H21N5O3/c1-28-17-6-4-15(5-7-17)20(27)23-14-18(26)24-9-11-25(12-10-24)19-16(13-21)3-2-8-22-19/h2-8H,9-12,14H2,1H3,(H,23,27). The second kappa shape index (κ2) is 8.86. The van der Waals surface area contributed by atoms with Crippen molar-refractivity contribution in [3.05, 3.63) is 53.7 Å². The summed E-state index contributed by atoms with van der Waals surface area (Å²) in [6.45, 7) is 2.14. The minimum Gasteiger partial charge on any atom is -0.497 e. The van der Waals surface area contributed by atoms with E-state index in [9.17, 15) is 14.9 Å². The Balaban J connectivity index is 1.50. The van der Waals surface area contributed by atoms with Crippen LogP contribution in [0.1, 0.15) is 15.9 Å². The highest BCUT2D eigenvalue weighted by Crippen LogP contribution is 2.18. The number of hydrogen-bond acceptors (Lipinski definition) is 6. The average molecular weight is 379 g/mol. The highest BCUT2D eigenvalue weighted by atomic mass is 16.5. The molecule has 1 aromatic heterocycles. The number of carbonyl (C=O) groups is 2. The molecule has 1 fully saturated rings. The van der Waals surface area contributed by atoms with E-state index in [1.54, 1.807) is 54.6 Å². The molecule has 1 N–H and O–H groups in total. The lowest BCUT2D eigenvalue weighted by Gasteiger charge is -2.35. The van der Waals surface area contributed by atoms with Crippen molar-refractivity contribution >= 4 is 17.6 Å². The monoisotopic (exact) mass is 379 g/mol. The number of pyridine rings is 1. The fourth-order valence-corrected chi connectivity index (χ4v) is 3.02. The van der Waals surface area contributed by atoms with Gasteiger partial charge in [0.15, 0.2) is 0 Å². The zero-order chi connectivity index (χ0) is 19.9. The lowest BCUT2D eigenvalue weighted by atomic mass is 10.2. The number of amides is 2. The molecule has 3 rings (SSSR count). The van der Waals surface area contributed by atoms with Crippen molar-refractivity contribution in [2.75, 3.05) is 44.7 Å². The molecule has 144 valence electrons. The molecule has 0 aliphatic carbocycles. The first kappa shape index (κ1) is 19.2. The Kier molecular flexibility index (Phi) is 6.07. The van der Waals surface area contributed by atoms with Gasteiger partial charge < -0.3 is 19.9 Å². The minimum absolute atomic E-state index is 0.0576. The fraction of sp³-hybridized carbons (Fsp3) is 0.300. The van der Waals surface area contributed by atoms with E-state index in [1.165, 1.54) is 0 Å². The Morgan fingerprint density at radius 1 is 1.18 bits per heavy atom. The number of carbonyl (C=O) groups excluding carboxylic acids is 2. The smallest absolute Gasteiger partial charge is 0.251 e. The summed E-state index contributed by atoms with van der Waals surface area (Å²) in [6, 6.07) is 12.3. The summed E-state index contributed by atoms with van der Waals surface area (Å²) in [5.41, 5.74) is 0.992. The molecular formula is C20H21N5O3. The summed E-state index contributed by atoms with van der Waals surface area (Å²) in [7, 11) is 1.56. The van der Waals surface area contributed by atoms with Crippen LogP contribution in [-0.4, -0.2) is 61.5 Å². The van der Waals surface area contributed by atoms with Crippen LogP contribution in [0.15, 0.2) is 42.6 Å². The molecule has 0 atom stereocenters. The van der Waals surface area contributed by atoms with E-state index < -0.39 is 0 Å². The molecule has 8 heteroatoms. The van der Waals surface area contributed by atoms with E-state index in [0.717, 1.165) is 0 Å².